The van der Waals surface area contributed by atoms with E-state index in [0.717, 1.165) is 32.4 Å². The van der Waals surface area contributed by atoms with Gasteiger partial charge in [0.1, 0.15) is 0 Å². The molecule has 0 spiro atoms. The number of fused-ring (bicyclic) bond motifs is 1. The minimum atomic E-state index is -0.107. The SMILES string of the molecule is O=c1n(CCN2CCc3ccccc32)nnn1C1CCOCC1. The molecule has 122 valence electrons. The number of hydrogen-bond donors (Lipinski definition) is 0. The maximum Gasteiger partial charge on any atom is 0.363 e. The van der Waals surface area contributed by atoms with Gasteiger partial charge in [-0.15, -0.1) is 0 Å². The quantitative estimate of drug-likeness (QED) is 0.837. The van der Waals surface area contributed by atoms with Gasteiger partial charge in [-0.3, -0.25) is 0 Å². The van der Waals surface area contributed by atoms with E-state index in [1.807, 2.05) is 0 Å². The van der Waals surface area contributed by atoms with Gasteiger partial charge < -0.3 is 9.64 Å². The number of tetrazole rings is 1. The van der Waals surface area contributed by atoms with Gasteiger partial charge in [0.2, 0.25) is 0 Å². The fraction of sp³-hybridized carbons (Fsp3) is 0.562. The fourth-order valence-corrected chi connectivity index (χ4v) is 3.44. The molecule has 0 saturated carbocycles. The third-order valence-electron chi connectivity index (χ3n) is 4.76. The van der Waals surface area contributed by atoms with E-state index in [1.54, 1.807) is 0 Å². The molecule has 23 heavy (non-hydrogen) atoms. The lowest BCUT2D eigenvalue weighted by molar-refractivity contribution is 0.0647. The summed E-state index contributed by atoms with van der Waals surface area (Å²) >= 11 is 0. The predicted molar refractivity (Wildman–Crippen MR) is 85.7 cm³/mol. The van der Waals surface area contributed by atoms with Gasteiger partial charge in [0.05, 0.1) is 12.6 Å². The van der Waals surface area contributed by atoms with E-state index >= 15 is 0 Å². The molecule has 1 fully saturated rings. The second-order valence-corrected chi connectivity index (χ2v) is 6.14. The van der Waals surface area contributed by atoms with Crippen LogP contribution < -0.4 is 10.6 Å². The minimum Gasteiger partial charge on any atom is -0.381 e. The molecule has 0 amide bonds. The molecule has 3 heterocycles. The van der Waals surface area contributed by atoms with E-state index in [4.69, 9.17) is 4.74 Å². The molecule has 1 saturated heterocycles. The molecule has 7 heteroatoms. The van der Waals surface area contributed by atoms with Crippen molar-refractivity contribution in [2.75, 3.05) is 31.2 Å². The molecule has 2 aromatic rings. The lowest BCUT2D eigenvalue weighted by atomic mass is 10.1. The summed E-state index contributed by atoms with van der Waals surface area (Å²) in [6, 6.07) is 8.57. The number of nitrogens with zero attached hydrogens (tertiary/aromatic N) is 5. The highest BCUT2D eigenvalue weighted by atomic mass is 16.5. The lowest BCUT2D eigenvalue weighted by Gasteiger charge is -2.20. The van der Waals surface area contributed by atoms with Crippen LogP contribution in [0.15, 0.2) is 29.1 Å². The standard InChI is InChI=1S/C16H21N5O2/c22-16-20(17-18-21(16)14-6-11-23-12-7-14)10-9-19-8-5-13-3-1-2-4-15(13)19/h1-4,14H,5-12H2. The largest absolute Gasteiger partial charge is 0.381 e. The summed E-state index contributed by atoms with van der Waals surface area (Å²) in [5, 5.41) is 8.13. The fourth-order valence-electron chi connectivity index (χ4n) is 3.44. The van der Waals surface area contributed by atoms with Crippen LogP contribution in [-0.2, 0) is 17.7 Å². The van der Waals surface area contributed by atoms with Gasteiger partial charge >= 0.3 is 5.69 Å². The third kappa shape index (κ3) is 2.76. The summed E-state index contributed by atoms with van der Waals surface area (Å²) in [4.78, 5) is 14.8. The van der Waals surface area contributed by atoms with Crippen molar-refractivity contribution in [2.45, 2.75) is 31.8 Å². The van der Waals surface area contributed by atoms with Gasteiger partial charge in [-0.05, 0) is 41.3 Å². The molecule has 0 aliphatic carbocycles. The van der Waals surface area contributed by atoms with E-state index in [9.17, 15) is 4.79 Å². The molecule has 0 unspecified atom stereocenters. The molecule has 7 nitrogen and oxygen atoms in total. The van der Waals surface area contributed by atoms with E-state index in [2.05, 4.69) is 39.6 Å². The summed E-state index contributed by atoms with van der Waals surface area (Å²) in [6.07, 6.45) is 2.73. The Kier molecular flexibility index (Phi) is 3.87. The molecular weight excluding hydrogens is 294 g/mol. The first kappa shape index (κ1) is 14.4. The molecule has 0 atom stereocenters. The number of benzene rings is 1. The van der Waals surface area contributed by atoms with E-state index in [-0.39, 0.29) is 11.7 Å². The van der Waals surface area contributed by atoms with Crippen molar-refractivity contribution in [2.24, 2.45) is 0 Å². The summed E-state index contributed by atoms with van der Waals surface area (Å²) in [6.45, 7) is 3.73. The number of ether oxygens (including phenoxy) is 1. The molecule has 2 aliphatic heterocycles. The minimum absolute atomic E-state index is 0.107. The number of para-hydroxylation sites is 1. The van der Waals surface area contributed by atoms with Gasteiger partial charge in [0.15, 0.2) is 0 Å². The number of rotatable bonds is 4. The number of aromatic nitrogens is 4. The third-order valence-corrected chi connectivity index (χ3v) is 4.76. The van der Waals surface area contributed by atoms with Crippen LogP contribution in [0.5, 0.6) is 0 Å². The first-order valence-corrected chi connectivity index (χ1v) is 8.26. The maximum absolute atomic E-state index is 12.5. The van der Waals surface area contributed by atoms with Crippen molar-refractivity contribution in [1.82, 2.24) is 19.8 Å². The van der Waals surface area contributed by atoms with Crippen LogP contribution in [0.3, 0.4) is 0 Å². The Labute approximate surface area is 134 Å². The van der Waals surface area contributed by atoms with Gasteiger partial charge in [-0.25, -0.2) is 4.79 Å². The van der Waals surface area contributed by atoms with Crippen LogP contribution in [0, 0.1) is 0 Å². The van der Waals surface area contributed by atoms with Gasteiger partial charge in [-0.2, -0.15) is 9.36 Å². The Morgan fingerprint density at radius 1 is 1.13 bits per heavy atom. The van der Waals surface area contributed by atoms with Crippen molar-refractivity contribution in [3.8, 4) is 0 Å². The van der Waals surface area contributed by atoms with Crippen LogP contribution in [0.4, 0.5) is 5.69 Å². The normalized spacial score (nSPS) is 18.3. The van der Waals surface area contributed by atoms with Gasteiger partial charge in [0.25, 0.3) is 0 Å². The van der Waals surface area contributed by atoms with Gasteiger partial charge in [0, 0.05) is 32.0 Å². The molecular formula is C16H21N5O2. The van der Waals surface area contributed by atoms with Crippen molar-refractivity contribution in [3.05, 3.63) is 40.3 Å². The van der Waals surface area contributed by atoms with Crippen LogP contribution in [0.25, 0.3) is 0 Å². The lowest BCUT2D eigenvalue weighted by Crippen LogP contribution is -2.34. The average molecular weight is 315 g/mol. The topological polar surface area (TPSA) is 65.2 Å². The number of anilines is 1. The molecule has 1 aromatic heterocycles. The summed E-state index contributed by atoms with van der Waals surface area (Å²) in [7, 11) is 0. The predicted octanol–water partition coefficient (Wildman–Crippen LogP) is 0.854. The first-order chi connectivity index (χ1) is 11.3. The second kappa shape index (κ2) is 6.16. The molecule has 1 aromatic carbocycles. The Bertz CT molecular complexity index is 732. The second-order valence-electron chi connectivity index (χ2n) is 6.14. The Morgan fingerprint density at radius 3 is 2.83 bits per heavy atom. The Hall–Kier alpha value is -2.15. The molecule has 0 radical (unpaired) electrons. The average Bonchev–Trinajstić information content (AvgIpc) is 3.17. The highest BCUT2D eigenvalue weighted by Crippen LogP contribution is 2.26. The molecule has 4 rings (SSSR count). The molecule has 2 aliphatic rings. The van der Waals surface area contributed by atoms with Gasteiger partial charge in [-0.1, -0.05) is 18.2 Å². The van der Waals surface area contributed by atoms with Crippen LogP contribution >= 0.6 is 0 Å². The van der Waals surface area contributed by atoms with Crippen LogP contribution in [-0.4, -0.2) is 46.1 Å². The van der Waals surface area contributed by atoms with E-state index in [0.29, 0.717) is 19.8 Å². The van der Waals surface area contributed by atoms with Crippen LogP contribution in [0.2, 0.25) is 0 Å². The smallest absolute Gasteiger partial charge is 0.363 e. The maximum atomic E-state index is 12.5. The monoisotopic (exact) mass is 315 g/mol. The Balaban J connectivity index is 1.44. The van der Waals surface area contributed by atoms with Crippen LogP contribution in [0.1, 0.15) is 24.4 Å². The van der Waals surface area contributed by atoms with Crippen molar-refractivity contribution < 1.29 is 4.74 Å². The highest BCUT2D eigenvalue weighted by molar-refractivity contribution is 5.57. The molecule has 0 N–H and O–H groups in total. The highest BCUT2D eigenvalue weighted by Gasteiger charge is 2.22. The molecule has 0 bridgehead atoms. The first-order valence-electron chi connectivity index (χ1n) is 8.26. The van der Waals surface area contributed by atoms with Crippen molar-refractivity contribution >= 4 is 5.69 Å². The van der Waals surface area contributed by atoms with E-state index < -0.39 is 0 Å². The zero-order valence-corrected chi connectivity index (χ0v) is 13.1. The summed E-state index contributed by atoms with van der Waals surface area (Å²) < 4.78 is 8.35. The van der Waals surface area contributed by atoms with Crippen molar-refractivity contribution in [3.63, 3.8) is 0 Å². The Morgan fingerprint density at radius 2 is 1.96 bits per heavy atom. The van der Waals surface area contributed by atoms with E-state index in [1.165, 1.54) is 20.6 Å². The number of hydrogen-bond acceptors (Lipinski definition) is 5. The summed E-state index contributed by atoms with van der Waals surface area (Å²) in [5.74, 6) is 0. The summed E-state index contributed by atoms with van der Waals surface area (Å²) in [5.41, 5.74) is 2.55. The zero-order chi connectivity index (χ0) is 15.6. The van der Waals surface area contributed by atoms with Crippen molar-refractivity contribution in [1.29, 1.82) is 0 Å². The zero-order valence-electron chi connectivity index (χ0n) is 13.1.